The number of rotatable bonds is 9. The lowest BCUT2D eigenvalue weighted by Crippen LogP contribution is -2.23. The number of aliphatic hydroxyl groups is 1. The number of benzene rings is 1. The topological polar surface area (TPSA) is 113 Å². The fourth-order valence-electron chi connectivity index (χ4n) is 2.83. The monoisotopic (exact) mass is 391 g/mol. The van der Waals surface area contributed by atoms with Crippen LogP contribution in [0.3, 0.4) is 0 Å². The van der Waals surface area contributed by atoms with Crippen molar-refractivity contribution in [1.82, 2.24) is 15.3 Å². The maximum atomic E-state index is 12.1. The van der Waals surface area contributed by atoms with E-state index >= 15 is 0 Å². The third-order valence-corrected chi connectivity index (χ3v) is 4.43. The molecule has 0 bridgehead atoms. The highest BCUT2D eigenvalue weighted by Crippen LogP contribution is 2.12. The third kappa shape index (κ3) is 6.67. The van der Waals surface area contributed by atoms with Crippen LogP contribution in [0.2, 0.25) is 0 Å². The molecule has 29 heavy (non-hydrogen) atoms. The van der Waals surface area contributed by atoms with Gasteiger partial charge in [0, 0.05) is 35.9 Å². The molecule has 0 saturated heterocycles. The van der Waals surface area contributed by atoms with Gasteiger partial charge in [-0.25, -0.2) is 4.98 Å². The van der Waals surface area contributed by atoms with Gasteiger partial charge in [-0.05, 0) is 48.9 Å². The van der Waals surface area contributed by atoms with E-state index in [0.29, 0.717) is 12.4 Å². The number of aliphatic hydroxyl groups excluding tert-OH is 1. The summed E-state index contributed by atoms with van der Waals surface area (Å²) >= 11 is 0. The lowest BCUT2D eigenvalue weighted by atomic mass is 10.1. The number of carbonyl (C=O) groups is 1. The Hall–Kier alpha value is -3.29. The van der Waals surface area contributed by atoms with Crippen LogP contribution >= 0.6 is 0 Å². The Morgan fingerprint density at radius 3 is 2.59 bits per heavy atom. The maximum absolute atomic E-state index is 12.1. The lowest BCUT2D eigenvalue weighted by molar-refractivity contribution is -0.115. The highest BCUT2D eigenvalue weighted by atomic mass is 16.3. The second-order valence-electron chi connectivity index (χ2n) is 6.73. The van der Waals surface area contributed by atoms with Gasteiger partial charge in [0.15, 0.2) is 0 Å². The highest BCUT2D eigenvalue weighted by Gasteiger charge is 2.07. The van der Waals surface area contributed by atoms with E-state index in [2.05, 4.69) is 20.6 Å². The van der Waals surface area contributed by atoms with Gasteiger partial charge in [0.05, 0.1) is 12.5 Å². The third-order valence-electron chi connectivity index (χ3n) is 4.43. The van der Waals surface area contributed by atoms with Gasteiger partial charge in [-0.15, -0.1) is 0 Å². The average molecular weight is 391 g/mol. The van der Waals surface area contributed by atoms with E-state index in [4.69, 9.17) is 5.73 Å². The second kappa shape index (κ2) is 10.3. The number of hydrogen-bond acceptors (Lipinski definition) is 6. The molecule has 0 aliphatic heterocycles. The molecule has 7 heteroatoms. The first kappa shape index (κ1) is 20.4. The zero-order valence-electron chi connectivity index (χ0n) is 16.1. The predicted molar refractivity (Wildman–Crippen MR) is 113 cm³/mol. The molecule has 3 aromatic rings. The fraction of sp³-hybridized carbons (Fsp3) is 0.227. The maximum Gasteiger partial charge on any atom is 0.230 e. The predicted octanol–water partition coefficient (Wildman–Crippen LogP) is 2.11. The summed E-state index contributed by atoms with van der Waals surface area (Å²) in [5, 5.41) is 16.3. The number of anilines is 2. The SMILES string of the molecule is Nc1ccc([C@@H](O)CNCCc2ccc(NC(=O)Cc3ccccn3)cc2)cn1. The molecule has 0 saturated carbocycles. The molecule has 1 aromatic carbocycles. The standard InChI is InChI=1S/C22H25N5O2/c23-21-9-6-17(14-26-21)20(28)15-24-12-10-16-4-7-18(8-5-16)27-22(29)13-19-3-1-2-11-25-19/h1-9,11,14,20,24,28H,10,12-13,15H2,(H2,23,26)(H,27,29)/t20-/m0/s1. The highest BCUT2D eigenvalue weighted by molar-refractivity contribution is 5.91. The zero-order chi connectivity index (χ0) is 20.5. The molecule has 7 nitrogen and oxygen atoms in total. The van der Waals surface area contributed by atoms with Crippen LogP contribution in [-0.4, -0.2) is 34.1 Å². The van der Waals surface area contributed by atoms with E-state index in [1.807, 2.05) is 42.5 Å². The van der Waals surface area contributed by atoms with Gasteiger partial charge in [0.1, 0.15) is 5.82 Å². The molecule has 2 aromatic heterocycles. The Balaban J connectivity index is 1.39. The minimum Gasteiger partial charge on any atom is -0.387 e. The molecule has 0 aliphatic rings. The molecule has 0 unspecified atom stereocenters. The molecule has 0 aliphatic carbocycles. The molecule has 1 atom stereocenters. The fourth-order valence-corrected chi connectivity index (χ4v) is 2.83. The van der Waals surface area contributed by atoms with Crippen molar-refractivity contribution in [2.24, 2.45) is 0 Å². The number of nitrogen functional groups attached to an aromatic ring is 1. The molecular weight excluding hydrogens is 366 g/mol. The van der Waals surface area contributed by atoms with Gasteiger partial charge in [0.25, 0.3) is 0 Å². The molecule has 0 fully saturated rings. The number of pyridine rings is 2. The van der Waals surface area contributed by atoms with Crippen LogP contribution in [0.25, 0.3) is 0 Å². The van der Waals surface area contributed by atoms with E-state index in [1.54, 1.807) is 24.5 Å². The Labute approximate surface area is 170 Å². The van der Waals surface area contributed by atoms with E-state index < -0.39 is 6.10 Å². The summed E-state index contributed by atoms with van der Waals surface area (Å²) in [5.41, 5.74) is 8.93. The molecular formula is C22H25N5O2. The summed E-state index contributed by atoms with van der Waals surface area (Å²) in [5.74, 6) is 0.342. The summed E-state index contributed by atoms with van der Waals surface area (Å²) in [6, 6.07) is 16.7. The van der Waals surface area contributed by atoms with Crippen molar-refractivity contribution in [3.05, 3.63) is 83.8 Å². The van der Waals surface area contributed by atoms with Crippen LogP contribution < -0.4 is 16.4 Å². The first-order valence-corrected chi connectivity index (χ1v) is 9.49. The number of hydrogen-bond donors (Lipinski definition) is 4. The van der Waals surface area contributed by atoms with Crippen molar-refractivity contribution >= 4 is 17.4 Å². The van der Waals surface area contributed by atoms with Crippen LogP contribution in [0.5, 0.6) is 0 Å². The summed E-state index contributed by atoms with van der Waals surface area (Å²) in [6.07, 6.45) is 3.70. The minimum absolute atomic E-state index is 0.0933. The van der Waals surface area contributed by atoms with Crippen LogP contribution in [-0.2, 0) is 17.6 Å². The summed E-state index contributed by atoms with van der Waals surface area (Å²) in [4.78, 5) is 20.2. The first-order valence-electron chi connectivity index (χ1n) is 9.49. The summed E-state index contributed by atoms with van der Waals surface area (Å²) in [6.45, 7) is 1.16. The van der Waals surface area contributed by atoms with E-state index in [0.717, 1.165) is 35.5 Å². The van der Waals surface area contributed by atoms with E-state index in [1.165, 1.54) is 0 Å². The second-order valence-corrected chi connectivity index (χ2v) is 6.73. The number of aromatic nitrogens is 2. The Kier molecular flexibility index (Phi) is 7.27. The molecule has 0 radical (unpaired) electrons. The van der Waals surface area contributed by atoms with Gasteiger partial charge < -0.3 is 21.5 Å². The van der Waals surface area contributed by atoms with Crippen molar-refractivity contribution < 1.29 is 9.90 Å². The van der Waals surface area contributed by atoms with Crippen molar-refractivity contribution in [1.29, 1.82) is 0 Å². The van der Waals surface area contributed by atoms with Crippen LogP contribution in [0.15, 0.2) is 67.0 Å². The van der Waals surface area contributed by atoms with Crippen molar-refractivity contribution in [2.75, 3.05) is 24.1 Å². The molecule has 150 valence electrons. The van der Waals surface area contributed by atoms with Gasteiger partial charge in [-0.2, -0.15) is 0 Å². The van der Waals surface area contributed by atoms with Gasteiger partial charge in [-0.3, -0.25) is 9.78 Å². The largest absolute Gasteiger partial charge is 0.387 e. The average Bonchev–Trinajstić information content (AvgIpc) is 2.73. The Morgan fingerprint density at radius 1 is 1.07 bits per heavy atom. The number of nitrogens with one attached hydrogen (secondary N) is 2. The zero-order valence-corrected chi connectivity index (χ0v) is 16.1. The smallest absolute Gasteiger partial charge is 0.230 e. The molecule has 0 spiro atoms. The number of nitrogens with two attached hydrogens (primary N) is 1. The van der Waals surface area contributed by atoms with Gasteiger partial charge in [-0.1, -0.05) is 24.3 Å². The Bertz CT molecular complexity index is 899. The molecule has 3 rings (SSSR count). The normalized spacial score (nSPS) is 11.8. The van der Waals surface area contributed by atoms with Crippen LogP contribution in [0.1, 0.15) is 22.9 Å². The van der Waals surface area contributed by atoms with Crippen LogP contribution in [0.4, 0.5) is 11.5 Å². The van der Waals surface area contributed by atoms with E-state index in [-0.39, 0.29) is 12.3 Å². The van der Waals surface area contributed by atoms with Crippen molar-refractivity contribution in [3.63, 3.8) is 0 Å². The number of amides is 1. The minimum atomic E-state index is -0.625. The summed E-state index contributed by atoms with van der Waals surface area (Å²) in [7, 11) is 0. The molecule has 2 heterocycles. The lowest BCUT2D eigenvalue weighted by Gasteiger charge is -2.12. The van der Waals surface area contributed by atoms with Gasteiger partial charge >= 0.3 is 0 Å². The van der Waals surface area contributed by atoms with Gasteiger partial charge in [0.2, 0.25) is 5.91 Å². The van der Waals surface area contributed by atoms with Crippen molar-refractivity contribution in [3.8, 4) is 0 Å². The molecule has 5 N–H and O–H groups in total. The van der Waals surface area contributed by atoms with E-state index in [9.17, 15) is 9.90 Å². The van der Waals surface area contributed by atoms with Crippen LogP contribution in [0, 0.1) is 0 Å². The first-order chi connectivity index (χ1) is 14.1. The quantitative estimate of drug-likeness (QED) is 0.416. The van der Waals surface area contributed by atoms with Crippen molar-refractivity contribution in [2.45, 2.75) is 18.9 Å². The Morgan fingerprint density at radius 2 is 1.90 bits per heavy atom. The number of nitrogens with zero attached hydrogens (tertiary/aromatic N) is 2. The summed E-state index contributed by atoms with van der Waals surface area (Å²) < 4.78 is 0. The molecule has 1 amide bonds. The number of carbonyl (C=O) groups excluding carboxylic acids is 1.